The highest BCUT2D eigenvalue weighted by molar-refractivity contribution is 7.15. The minimum Gasteiger partial charge on any atom is -0.299 e. The van der Waals surface area contributed by atoms with E-state index in [4.69, 9.17) is 0 Å². The Labute approximate surface area is 110 Å². The van der Waals surface area contributed by atoms with E-state index < -0.39 is 0 Å². The normalized spacial score (nSPS) is 15.9. The number of fused-ring (bicyclic) bond motifs is 1. The molecule has 2 aromatic heterocycles. The lowest BCUT2D eigenvalue weighted by Gasteiger charge is -2.11. The average Bonchev–Trinajstić information content (AvgIpc) is 2.90. The number of carbonyl (C=O) groups is 1. The van der Waals surface area contributed by atoms with Crippen molar-refractivity contribution in [2.24, 2.45) is 0 Å². The smallest absolute Gasteiger partial charge is 0.193 e. The zero-order valence-electron chi connectivity index (χ0n) is 10.3. The number of rotatable bonds is 4. The Bertz CT molecular complexity index is 565. The van der Waals surface area contributed by atoms with Crippen molar-refractivity contribution in [2.45, 2.75) is 38.5 Å². The molecule has 94 valence electrons. The van der Waals surface area contributed by atoms with Gasteiger partial charge in [0.1, 0.15) is 5.78 Å². The second-order valence-electron chi connectivity index (χ2n) is 4.83. The first kappa shape index (κ1) is 11.7. The van der Waals surface area contributed by atoms with Crippen molar-refractivity contribution in [3.8, 4) is 0 Å². The summed E-state index contributed by atoms with van der Waals surface area (Å²) in [4.78, 5) is 17.4. The summed E-state index contributed by atoms with van der Waals surface area (Å²) in [6, 6.07) is 0. The van der Waals surface area contributed by atoms with Crippen molar-refractivity contribution in [2.75, 3.05) is 0 Å². The van der Waals surface area contributed by atoms with Crippen molar-refractivity contribution in [1.29, 1.82) is 0 Å². The van der Waals surface area contributed by atoms with Crippen molar-refractivity contribution in [3.63, 3.8) is 0 Å². The zero-order chi connectivity index (χ0) is 12.4. The number of Topliss-reactive ketones (excluding diaryl/α,β-unsaturated/α-hetero) is 1. The molecule has 1 aliphatic carbocycles. The molecule has 0 aliphatic heterocycles. The molecule has 2 aromatic rings. The van der Waals surface area contributed by atoms with Gasteiger partial charge < -0.3 is 0 Å². The molecule has 2 heterocycles. The Hall–Kier alpha value is -1.42. The fourth-order valence-electron chi connectivity index (χ4n) is 2.44. The van der Waals surface area contributed by atoms with Crippen LogP contribution in [0.5, 0.6) is 0 Å². The molecule has 0 bridgehead atoms. The number of hydrogen-bond acceptors (Lipinski definition) is 3. The Balaban J connectivity index is 1.63. The summed E-state index contributed by atoms with van der Waals surface area (Å²) in [6.07, 6.45) is 12.0. The molecule has 0 radical (unpaired) electrons. The summed E-state index contributed by atoms with van der Waals surface area (Å²) in [5.41, 5.74) is 2.22. The lowest BCUT2D eigenvalue weighted by molar-refractivity contribution is -0.117. The van der Waals surface area contributed by atoms with Gasteiger partial charge in [0.15, 0.2) is 4.96 Å². The van der Waals surface area contributed by atoms with Gasteiger partial charge in [-0.05, 0) is 25.7 Å². The van der Waals surface area contributed by atoms with Gasteiger partial charge in [0.25, 0.3) is 0 Å². The van der Waals surface area contributed by atoms with Gasteiger partial charge in [-0.15, -0.1) is 11.3 Å². The molecule has 0 spiro atoms. The quantitative estimate of drug-likeness (QED) is 0.790. The van der Waals surface area contributed by atoms with Crippen LogP contribution in [0.3, 0.4) is 0 Å². The number of aromatic nitrogens is 2. The summed E-state index contributed by atoms with van der Waals surface area (Å²) in [5.74, 6) is 0.286. The van der Waals surface area contributed by atoms with E-state index in [1.165, 1.54) is 18.4 Å². The molecule has 18 heavy (non-hydrogen) atoms. The van der Waals surface area contributed by atoms with Gasteiger partial charge in [-0.3, -0.25) is 9.20 Å². The number of nitrogens with zero attached hydrogens (tertiary/aromatic N) is 2. The average molecular weight is 260 g/mol. The van der Waals surface area contributed by atoms with Crippen LogP contribution in [-0.4, -0.2) is 15.2 Å². The third-order valence-corrected chi connectivity index (χ3v) is 4.10. The Morgan fingerprint density at radius 1 is 1.39 bits per heavy atom. The first-order valence-corrected chi connectivity index (χ1v) is 7.30. The van der Waals surface area contributed by atoms with Crippen LogP contribution in [0.1, 0.15) is 37.8 Å². The Morgan fingerprint density at radius 3 is 3.11 bits per heavy atom. The number of hydrogen-bond donors (Lipinski definition) is 0. The molecular formula is C14H16N2OS. The van der Waals surface area contributed by atoms with E-state index in [9.17, 15) is 4.79 Å². The van der Waals surface area contributed by atoms with Gasteiger partial charge in [0.05, 0.1) is 12.1 Å². The van der Waals surface area contributed by atoms with Crippen LogP contribution in [0.25, 0.3) is 4.96 Å². The van der Waals surface area contributed by atoms with Crippen LogP contribution < -0.4 is 0 Å². The van der Waals surface area contributed by atoms with Crippen LogP contribution in [0, 0.1) is 0 Å². The summed E-state index contributed by atoms with van der Waals surface area (Å²) in [6.45, 7) is 0. The maximum atomic E-state index is 12.0. The number of ketones is 1. The van der Waals surface area contributed by atoms with Crippen LogP contribution in [0.15, 0.2) is 29.4 Å². The molecule has 0 fully saturated rings. The van der Waals surface area contributed by atoms with Crippen LogP contribution in [0.4, 0.5) is 0 Å². The van der Waals surface area contributed by atoms with E-state index in [1.54, 1.807) is 11.3 Å². The van der Waals surface area contributed by atoms with E-state index in [1.807, 2.05) is 22.2 Å². The molecule has 0 saturated carbocycles. The van der Waals surface area contributed by atoms with E-state index in [0.29, 0.717) is 12.8 Å². The van der Waals surface area contributed by atoms with Gasteiger partial charge in [-0.25, -0.2) is 4.98 Å². The second-order valence-corrected chi connectivity index (χ2v) is 5.70. The van der Waals surface area contributed by atoms with Gasteiger partial charge in [-0.1, -0.05) is 11.6 Å². The van der Waals surface area contributed by atoms with Crippen molar-refractivity contribution in [1.82, 2.24) is 9.38 Å². The summed E-state index contributed by atoms with van der Waals surface area (Å²) in [7, 11) is 0. The third-order valence-electron chi connectivity index (χ3n) is 3.33. The molecular weight excluding hydrogens is 244 g/mol. The minimum absolute atomic E-state index is 0.286. The topological polar surface area (TPSA) is 34.4 Å². The number of imidazole rings is 1. The van der Waals surface area contributed by atoms with E-state index >= 15 is 0 Å². The van der Waals surface area contributed by atoms with Crippen molar-refractivity contribution in [3.05, 3.63) is 35.1 Å². The lowest BCUT2D eigenvalue weighted by Crippen LogP contribution is -2.06. The predicted molar refractivity (Wildman–Crippen MR) is 72.9 cm³/mol. The molecule has 0 atom stereocenters. The van der Waals surface area contributed by atoms with Gasteiger partial charge in [-0.2, -0.15) is 0 Å². The molecule has 0 aromatic carbocycles. The monoisotopic (exact) mass is 260 g/mol. The molecule has 1 aliphatic rings. The van der Waals surface area contributed by atoms with E-state index in [2.05, 4.69) is 11.1 Å². The summed E-state index contributed by atoms with van der Waals surface area (Å²) >= 11 is 1.60. The Kier molecular flexibility index (Phi) is 3.28. The lowest BCUT2D eigenvalue weighted by atomic mass is 9.95. The largest absolute Gasteiger partial charge is 0.299 e. The van der Waals surface area contributed by atoms with Crippen LogP contribution in [-0.2, 0) is 11.2 Å². The molecule has 0 amide bonds. The van der Waals surface area contributed by atoms with Crippen molar-refractivity contribution < 1.29 is 4.79 Å². The standard InChI is InChI=1S/C14H16N2OS/c17-13(8-11-4-2-1-3-5-11)9-12-10-16-6-7-18-14(16)15-12/h4,6-7,10H,1-3,5,8-9H2. The highest BCUT2D eigenvalue weighted by atomic mass is 32.1. The Morgan fingerprint density at radius 2 is 2.33 bits per heavy atom. The maximum absolute atomic E-state index is 12.0. The van der Waals surface area contributed by atoms with Gasteiger partial charge in [0, 0.05) is 24.2 Å². The maximum Gasteiger partial charge on any atom is 0.193 e. The molecule has 0 N–H and O–H groups in total. The van der Waals surface area contributed by atoms with Crippen molar-refractivity contribution >= 4 is 22.1 Å². The van der Waals surface area contributed by atoms with E-state index in [-0.39, 0.29) is 5.78 Å². The van der Waals surface area contributed by atoms with E-state index in [0.717, 1.165) is 23.5 Å². The molecule has 3 nitrogen and oxygen atoms in total. The summed E-state index contributed by atoms with van der Waals surface area (Å²) in [5, 5.41) is 2.00. The fraction of sp³-hybridized carbons (Fsp3) is 0.429. The fourth-order valence-corrected chi connectivity index (χ4v) is 3.16. The predicted octanol–water partition coefficient (Wildman–Crippen LogP) is 3.40. The number of carbonyl (C=O) groups excluding carboxylic acids is 1. The SMILES string of the molecule is O=C(CC1=CCCCC1)Cc1cn2ccsc2n1. The second kappa shape index (κ2) is 5.06. The molecule has 0 saturated heterocycles. The van der Waals surface area contributed by atoms with Crippen LogP contribution in [0.2, 0.25) is 0 Å². The van der Waals surface area contributed by atoms with Gasteiger partial charge in [0.2, 0.25) is 0 Å². The first-order valence-electron chi connectivity index (χ1n) is 6.42. The number of thiazole rings is 1. The number of allylic oxidation sites excluding steroid dienone is 2. The molecule has 3 rings (SSSR count). The highest BCUT2D eigenvalue weighted by Gasteiger charge is 2.12. The molecule has 4 heteroatoms. The zero-order valence-corrected chi connectivity index (χ0v) is 11.1. The molecule has 0 unspecified atom stereocenters. The minimum atomic E-state index is 0.286. The first-order chi connectivity index (χ1) is 8.81. The van der Waals surface area contributed by atoms with Crippen LogP contribution >= 0.6 is 11.3 Å². The summed E-state index contributed by atoms with van der Waals surface area (Å²) < 4.78 is 1.98. The third kappa shape index (κ3) is 2.53. The van der Waals surface area contributed by atoms with Gasteiger partial charge >= 0.3 is 0 Å². The highest BCUT2D eigenvalue weighted by Crippen LogP contribution is 2.21.